The molecule has 18 nitrogen and oxygen atoms in total. The second kappa shape index (κ2) is 10.3. The Labute approximate surface area is 234 Å². The summed E-state index contributed by atoms with van der Waals surface area (Å²) in [6, 6.07) is 4.56. The van der Waals surface area contributed by atoms with Crippen molar-refractivity contribution in [3.05, 3.63) is 48.5 Å². The molecule has 0 radical (unpaired) electrons. The maximum Gasteiger partial charge on any atom is 0.315 e. The Balaban J connectivity index is 1.87. The number of aromatic nitrogens is 3. The highest BCUT2D eigenvalue weighted by atomic mass is 32.2. The molecule has 0 aliphatic carbocycles. The number of phenolic OH excluding ortho intramolecular Hbond substituents is 1. The molecule has 1 aromatic heterocycles. The van der Waals surface area contributed by atoms with Crippen LogP contribution in [0.2, 0.25) is 0 Å². The van der Waals surface area contributed by atoms with Gasteiger partial charge in [0.05, 0.1) is 26.1 Å². The lowest BCUT2D eigenvalue weighted by Gasteiger charge is -2.14. The molecule has 0 aliphatic rings. The molecule has 0 spiro atoms. The van der Waals surface area contributed by atoms with Crippen LogP contribution in [0.4, 0.5) is 27.7 Å². The zero-order valence-corrected chi connectivity index (χ0v) is 23.2. The van der Waals surface area contributed by atoms with E-state index in [1.807, 2.05) is 0 Å². The van der Waals surface area contributed by atoms with Gasteiger partial charge in [0.25, 0.3) is 40.5 Å². The zero-order valence-electron chi connectivity index (χ0n) is 19.9. The van der Waals surface area contributed by atoms with Gasteiger partial charge in [-0.2, -0.15) is 53.0 Å². The first kappa shape index (κ1) is 30.8. The molecular formula is C19H14FN5O13S4. The molecule has 0 saturated carbocycles. The molecule has 4 rings (SSSR count). The van der Waals surface area contributed by atoms with Crippen molar-refractivity contribution in [3.63, 3.8) is 0 Å². The predicted octanol–water partition coefficient (Wildman–Crippen LogP) is 1.34. The Bertz CT molecular complexity index is 2220. The van der Waals surface area contributed by atoms with Gasteiger partial charge in [-0.1, -0.05) is 0 Å². The number of anilines is 4. The molecule has 0 amide bonds. The summed E-state index contributed by atoms with van der Waals surface area (Å²) in [5.74, 6) is -2.47. The molecule has 0 unspecified atom stereocenters. The second-order valence-corrected chi connectivity index (χ2v) is 13.7. The Morgan fingerprint density at radius 2 is 1.07 bits per heavy atom. The zero-order chi connectivity index (χ0) is 31.4. The molecule has 0 saturated heterocycles. The number of phenols is 1. The summed E-state index contributed by atoms with van der Waals surface area (Å²) in [5, 5.41) is 14.2. The fourth-order valence-corrected chi connectivity index (χ4v) is 5.74. The van der Waals surface area contributed by atoms with Crippen LogP contribution < -0.4 is 10.6 Å². The maximum atomic E-state index is 14.4. The van der Waals surface area contributed by atoms with Crippen molar-refractivity contribution in [1.82, 2.24) is 15.0 Å². The number of benzene rings is 3. The largest absolute Gasteiger partial charge is 0.507 e. The number of hydrogen-bond donors (Lipinski definition) is 7. The van der Waals surface area contributed by atoms with Gasteiger partial charge in [-0.15, -0.1) is 0 Å². The summed E-state index contributed by atoms with van der Waals surface area (Å²) < 4.78 is 145. The molecule has 0 aliphatic heterocycles. The molecule has 0 bridgehead atoms. The van der Waals surface area contributed by atoms with Gasteiger partial charge in [0.1, 0.15) is 10.6 Å². The number of halogens is 1. The lowest BCUT2D eigenvalue weighted by Crippen LogP contribution is -2.10. The number of aromatic hydroxyl groups is 1. The minimum atomic E-state index is -5.04. The van der Waals surface area contributed by atoms with E-state index in [-0.39, 0.29) is 10.8 Å². The third-order valence-electron chi connectivity index (χ3n) is 5.20. The first-order valence-corrected chi connectivity index (χ1v) is 16.2. The van der Waals surface area contributed by atoms with E-state index in [1.165, 1.54) is 0 Å². The van der Waals surface area contributed by atoms with Gasteiger partial charge >= 0.3 is 6.08 Å². The van der Waals surface area contributed by atoms with E-state index < -0.39 is 95.2 Å². The molecule has 42 heavy (non-hydrogen) atoms. The molecule has 23 heteroatoms. The number of fused-ring (bicyclic) bond motifs is 1. The normalized spacial score (nSPS) is 12.8. The van der Waals surface area contributed by atoms with Crippen LogP contribution in [0.25, 0.3) is 10.8 Å². The predicted molar refractivity (Wildman–Crippen MR) is 138 cm³/mol. The Morgan fingerprint density at radius 1 is 0.595 bits per heavy atom. The van der Waals surface area contributed by atoms with E-state index in [0.717, 1.165) is 12.1 Å². The first-order chi connectivity index (χ1) is 19.1. The van der Waals surface area contributed by atoms with Crippen molar-refractivity contribution in [2.24, 2.45) is 0 Å². The smallest absolute Gasteiger partial charge is 0.315 e. The molecule has 1 heterocycles. The van der Waals surface area contributed by atoms with Gasteiger partial charge < -0.3 is 15.7 Å². The second-order valence-electron chi connectivity index (χ2n) is 8.07. The van der Waals surface area contributed by atoms with Crippen LogP contribution in [0.5, 0.6) is 5.75 Å². The molecule has 0 atom stereocenters. The molecule has 4 aromatic rings. The Morgan fingerprint density at radius 3 is 1.57 bits per heavy atom. The fraction of sp³-hybridized carbons (Fsp3) is 0. The lowest BCUT2D eigenvalue weighted by molar-refractivity contribution is 0.471. The van der Waals surface area contributed by atoms with Crippen molar-refractivity contribution in [2.75, 3.05) is 10.6 Å². The fourth-order valence-electron chi connectivity index (χ4n) is 3.53. The quantitative estimate of drug-likeness (QED) is 0.130. The van der Waals surface area contributed by atoms with Crippen LogP contribution in [0, 0.1) is 6.08 Å². The molecular weight excluding hydrogens is 653 g/mol. The summed E-state index contributed by atoms with van der Waals surface area (Å²) >= 11 is 0. The third kappa shape index (κ3) is 6.68. The van der Waals surface area contributed by atoms with E-state index in [9.17, 15) is 61.4 Å². The summed E-state index contributed by atoms with van der Waals surface area (Å²) in [6.07, 6.45) is -1.57. The Hall–Kier alpha value is -4.10. The monoisotopic (exact) mass is 667 g/mol. The number of rotatable bonds is 8. The topological polar surface area (TPSA) is 300 Å². The van der Waals surface area contributed by atoms with Gasteiger partial charge in [-0.05, 0) is 41.8 Å². The number of hydrogen-bond acceptors (Lipinski definition) is 14. The third-order valence-corrected chi connectivity index (χ3v) is 8.62. The van der Waals surface area contributed by atoms with Crippen LogP contribution >= 0.6 is 0 Å². The number of nitrogens with zero attached hydrogens (tertiary/aromatic N) is 3. The summed E-state index contributed by atoms with van der Waals surface area (Å²) in [7, 11) is -19.8. The lowest BCUT2D eigenvalue weighted by atomic mass is 10.1. The first-order valence-electron chi connectivity index (χ1n) is 10.4. The van der Waals surface area contributed by atoms with Crippen LogP contribution in [-0.2, 0) is 40.5 Å². The van der Waals surface area contributed by atoms with Crippen molar-refractivity contribution in [1.29, 1.82) is 0 Å². The average molecular weight is 668 g/mol. The van der Waals surface area contributed by atoms with E-state index in [4.69, 9.17) is 0 Å². The van der Waals surface area contributed by atoms with Gasteiger partial charge in [0.15, 0.2) is 0 Å². The minimum Gasteiger partial charge on any atom is -0.507 e. The van der Waals surface area contributed by atoms with Crippen LogP contribution in [0.3, 0.4) is 0 Å². The highest BCUT2D eigenvalue weighted by Gasteiger charge is 2.23. The van der Waals surface area contributed by atoms with E-state index in [2.05, 4.69) is 25.6 Å². The standard InChI is InChI=1S/C19H14FN5O13S4/c20-17-23-18(21-12-5-9(39(27,28)29)1-2-15(12)42(36,37)38)25-19(24-17)22-13-6-10(40(30,31)32)3-8-4-11(41(33,34)35)7-14(26)16(8)13/h1-7,26H,(H,27,28,29)(H,30,31,32)(H,33,34,35)(H,36,37,38)(H2,21,22,23,24,25). The van der Waals surface area contributed by atoms with Crippen LogP contribution in [0.15, 0.2) is 62.0 Å². The average Bonchev–Trinajstić information content (AvgIpc) is 2.80. The van der Waals surface area contributed by atoms with Crippen molar-refractivity contribution < 1.29 is 61.4 Å². The molecule has 224 valence electrons. The van der Waals surface area contributed by atoms with Crippen molar-refractivity contribution in [3.8, 4) is 5.75 Å². The summed E-state index contributed by atoms with van der Waals surface area (Å²) in [4.78, 5) is 6.77. The molecule has 0 fully saturated rings. The van der Waals surface area contributed by atoms with Gasteiger partial charge in [-0.3, -0.25) is 18.2 Å². The summed E-state index contributed by atoms with van der Waals surface area (Å²) in [5.41, 5.74) is -1.22. The molecule has 7 N–H and O–H groups in total. The van der Waals surface area contributed by atoms with Gasteiger partial charge in [0.2, 0.25) is 11.9 Å². The van der Waals surface area contributed by atoms with E-state index >= 15 is 0 Å². The van der Waals surface area contributed by atoms with Crippen LogP contribution in [-0.4, -0.2) is 71.9 Å². The van der Waals surface area contributed by atoms with Crippen molar-refractivity contribution in [2.45, 2.75) is 19.6 Å². The number of nitrogens with one attached hydrogen (secondary N) is 2. The Kier molecular flexibility index (Phi) is 7.58. The highest BCUT2D eigenvalue weighted by Crippen LogP contribution is 2.37. The van der Waals surface area contributed by atoms with Crippen LogP contribution in [0.1, 0.15) is 0 Å². The van der Waals surface area contributed by atoms with Gasteiger partial charge in [-0.25, -0.2) is 0 Å². The minimum absolute atomic E-state index is 0.334. The van der Waals surface area contributed by atoms with Crippen molar-refractivity contribution >= 4 is 74.5 Å². The van der Waals surface area contributed by atoms with E-state index in [1.54, 1.807) is 0 Å². The van der Waals surface area contributed by atoms with E-state index in [0.29, 0.717) is 30.3 Å². The molecule has 3 aromatic carbocycles. The SMILES string of the molecule is O=S(=O)(O)c1ccc(S(=O)(=O)O)c(Nc2nc(F)nc(Nc3cc(S(=O)(=O)O)cc4cc(S(=O)(=O)O)cc(O)c34)n2)c1. The van der Waals surface area contributed by atoms with Gasteiger partial charge in [0, 0.05) is 11.5 Å². The maximum absolute atomic E-state index is 14.4. The summed E-state index contributed by atoms with van der Waals surface area (Å²) in [6.45, 7) is 0. The highest BCUT2D eigenvalue weighted by molar-refractivity contribution is 7.86.